The van der Waals surface area contributed by atoms with E-state index in [0.29, 0.717) is 41.6 Å². The van der Waals surface area contributed by atoms with Gasteiger partial charge in [0.2, 0.25) is 6.79 Å². The van der Waals surface area contributed by atoms with Gasteiger partial charge in [0.25, 0.3) is 0 Å². The molecule has 0 amide bonds. The maximum absolute atomic E-state index is 13.7. The third kappa shape index (κ3) is 2.90. The second-order valence-corrected chi connectivity index (χ2v) is 5.85. The number of aromatic nitrogens is 2. The fraction of sp³-hybridized carbons (Fsp3) is 0.222. The van der Waals surface area contributed by atoms with E-state index >= 15 is 0 Å². The van der Waals surface area contributed by atoms with Gasteiger partial charge in [-0.05, 0) is 30.7 Å². The first-order chi connectivity index (χ1) is 12.6. The molecule has 1 aliphatic rings. The highest BCUT2D eigenvalue weighted by Gasteiger charge is 2.23. The van der Waals surface area contributed by atoms with Crippen molar-refractivity contribution in [3.05, 3.63) is 42.3 Å². The minimum absolute atomic E-state index is 0.0467. The van der Waals surface area contributed by atoms with Gasteiger partial charge < -0.3 is 19.9 Å². The highest BCUT2D eigenvalue weighted by Crippen LogP contribution is 2.43. The highest BCUT2D eigenvalue weighted by atomic mass is 19.1. The number of para-hydroxylation sites is 1. The van der Waals surface area contributed by atoms with E-state index in [-0.39, 0.29) is 13.2 Å². The van der Waals surface area contributed by atoms with E-state index in [1.807, 2.05) is 12.1 Å². The number of pyridine rings is 1. The number of aliphatic carboxylic acids is 1. The monoisotopic (exact) mass is 357 g/mol. The molecule has 0 atom stereocenters. The maximum Gasteiger partial charge on any atom is 0.303 e. The van der Waals surface area contributed by atoms with Gasteiger partial charge in [-0.15, -0.1) is 0 Å². The Morgan fingerprint density at radius 2 is 2.19 bits per heavy atom. The molecule has 1 aliphatic heterocycles. The Balaban J connectivity index is 1.77. The van der Waals surface area contributed by atoms with E-state index in [1.165, 1.54) is 12.3 Å². The molecule has 4 rings (SSSR count). The van der Waals surface area contributed by atoms with Gasteiger partial charge in [-0.3, -0.25) is 9.20 Å². The highest BCUT2D eigenvalue weighted by molar-refractivity contribution is 5.82. The zero-order valence-corrected chi connectivity index (χ0v) is 13.7. The fourth-order valence-corrected chi connectivity index (χ4v) is 2.94. The molecule has 8 heteroatoms. The van der Waals surface area contributed by atoms with Crippen LogP contribution in [0.4, 0.5) is 10.2 Å². The Morgan fingerprint density at radius 3 is 3.04 bits per heavy atom. The van der Waals surface area contributed by atoms with Crippen LogP contribution >= 0.6 is 0 Å². The Bertz CT molecular complexity index is 986. The summed E-state index contributed by atoms with van der Waals surface area (Å²) in [5, 5.41) is 12.0. The molecule has 0 bridgehead atoms. The second-order valence-electron chi connectivity index (χ2n) is 5.85. The van der Waals surface area contributed by atoms with Gasteiger partial charge in [0.15, 0.2) is 11.5 Å². The predicted molar refractivity (Wildman–Crippen MR) is 92.1 cm³/mol. The Morgan fingerprint density at radius 1 is 1.31 bits per heavy atom. The molecule has 7 nitrogen and oxygen atoms in total. The van der Waals surface area contributed by atoms with Crippen LogP contribution in [0.1, 0.15) is 12.8 Å². The summed E-state index contributed by atoms with van der Waals surface area (Å²) < 4.78 is 26.3. The van der Waals surface area contributed by atoms with Crippen molar-refractivity contribution in [2.75, 3.05) is 18.7 Å². The number of carboxylic acids is 1. The van der Waals surface area contributed by atoms with Crippen LogP contribution in [0.5, 0.6) is 11.5 Å². The molecule has 0 unspecified atom stereocenters. The summed E-state index contributed by atoms with van der Waals surface area (Å²) in [6, 6.07) is 8.42. The van der Waals surface area contributed by atoms with Gasteiger partial charge >= 0.3 is 5.97 Å². The molecule has 2 N–H and O–H groups in total. The number of imidazole rings is 1. The van der Waals surface area contributed by atoms with Crippen LogP contribution in [0.3, 0.4) is 0 Å². The van der Waals surface area contributed by atoms with Crippen LogP contribution in [0.2, 0.25) is 0 Å². The number of nitrogens with zero attached hydrogens (tertiary/aromatic N) is 2. The lowest BCUT2D eigenvalue weighted by molar-refractivity contribution is -0.137. The predicted octanol–water partition coefficient (Wildman–Crippen LogP) is 3.15. The number of nitrogens with one attached hydrogen (secondary N) is 1. The van der Waals surface area contributed by atoms with Gasteiger partial charge in [-0.25, -0.2) is 9.37 Å². The molecule has 0 fully saturated rings. The molecule has 0 aliphatic carbocycles. The molecule has 1 aromatic carbocycles. The first kappa shape index (κ1) is 16.2. The van der Waals surface area contributed by atoms with Crippen LogP contribution in [-0.4, -0.2) is 33.8 Å². The van der Waals surface area contributed by atoms with Crippen molar-refractivity contribution >= 4 is 17.4 Å². The Kier molecular flexibility index (Phi) is 4.08. The minimum atomic E-state index is -0.859. The van der Waals surface area contributed by atoms with Crippen LogP contribution in [0.25, 0.3) is 16.9 Å². The van der Waals surface area contributed by atoms with E-state index in [1.54, 1.807) is 16.5 Å². The van der Waals surface area contributed by atoms with Gasteiger partial charge in [0, 0.05) is 19.2 Å². The van der Waals surface area contributed by atoms with Crippen molar-refractivity contribution in [3.8, 4) is 22.8 Å². The van der Waals surface area contributed by atoms with E-state index in [4.69, 9.17) is 14.6 Å². The van der Waals surface area contributed by atoms with E-state index in [0.717, 1.165) is 5.56 Å². The zero-order valence-electron chi connectivity index (χ0n) is 13.7. The fourth-order valence-electron chi connectivity index (χ4n) is 2.94. The Hall–Kier alpha value is -3.29. The van der Waals surface area contributed by atoms with Crippen molar-refractivity contribution in [2.45, 2.75) is 12.8 Å². The number of rotatable bonds is 6. The standard InChI is InChI=1S/C18H16FN3O4/c19-11-6-7-14-21-16(12-3-1-4-13-17(12)26-10-25-13)18(22(14)9-11)20-8-2-5-15(23)24/h1,3-4,6-7,9,20H,2,5,8,10H2,(H,23,24). The number of hydrogen-bond acceptors (Lipinski definition) is 5. The average Bonchev–Trinajstić information content (AvgIpc) is 3.22. The number of benzene rings is 1. The summed E-state index contributed by atoms with van der Waals surface area (Å²) in [5.41, 5.74) is 1.89. The number of halogens is 1. The van der Waals surface area contributed by atoms with Crippen molar-refractivity contribution in [1.29, 1.82) is 0 Å². The number of fused-ring (bicyclic) bond motifs is 2. The van der Waals surface area contributed by atoms with Gasteiger partial charge in [0.05, 0.1) is 5.56 Å². The van der Waals surface area contributed by atoms with Gasteiger partial charge in [0.1, 0.15) is 23.0 Å². The first-order valence-corrected chi connectivity index (χ1v) is 8.16. The van der Waals surface area contributed by atoms with E-state index < -0.39 is 11.8 Å². The number of anilines is 1. The third-order valence-electron chi connectivity index (χ3n) is 4.09. The molecule has 2 aromatic heterocycles. The second kappa shape index (κ2) is 6.55. The number of ether oxygens (including phenoxy) is 2. The molecule has 26 heavy (non-hydrogen) atoms. The summed E-state index contributed by atoms with van der Waals surface area (Å²) in [6.07, 6.45) is 1.82. The van der Waals surface area contributed by atoms with Gasteiger partial charge in [-0.1, -0.05) is 6.07 Å². The van der Waals surface area contributed by atoms with Crippen LogP contribution in [-0.2, 0) is 4.79 Å². The summed E-state index contributed by atoms with van der Waals surface area (Å²) in [7, 11) is 0. The molecule has 134 valence electrons. The molecule has 3 aromatic rings. The van der Waals surface area contributed by atoms with E-state index in [2.05, 4.69) is 10.3 Å². The van der Waals surface area contributed by atoms with Crippen LogP contribution < -0.4 is 14.8 Å². The Labute approximate surface area is 148 Å². The van der Waals surface area contributed by atoms with Crippen molar-refractivity contribution in [3.63, 3.8) is 0 Å². The first-order valence-electron chi connectivity index (χ1n) is 8.16. The molecule has 0 saturated heterocycles. The SMILES string of the molecule is O=C(O)CCCNc1c(-c2cccc3c2OCO3)nc2ccc(F)cn12. The molecule has 0 saturated carbocycles. The van der Waals surface area contributed by atoms with E-state index in [9.17, 15) is 9.18 Å². The third-order valence-corrected chi connectivity index (χ3v) is 4.09. The number of carbonyl (C=O) groups is 1. The van der Waals surface area contributed by atoms with Gasteiger partial charge in [-0.2, -0.15) is 0 Å². The lowest BCUT2D eigenvalue weighted by Gasteiger charge is -2.09. The van der Waals surface area contributed by atoms with Crippen molar-refractivity contribution in [2.24, 2.45) is 0 Å². The van der Waals surface area contributed by atoms with Crippen molar-refractivity contribution < 1.29 is 23.8 Å². The minimum Gasteiger partial charge on any atom is -0.481 e. The average molecular weight is 357 g/mol. The number of hydrogen-bond donors (Lipinski definition) is 2. The van der Waals surface area contributed by atoms with Crippen LogP contribution in [0, 0.1) is 5.82 Å². The summed E-state index contributed by atoms with van der Waals surface area (Å²) in [4.78, 5) is 15.3. The van der Waals surface area contributed by atoms with Crippen LogP contribution in [0.15, 0.2) is 36.5 Å². The molecule has 0 spiro atoms. The molecule has 3 heterocycles. The smallest absolute Gasteiger partial charge is 0.303 e. The van der Waals surface area contributed by atoms with Crippen molar-refractivity contribution in [1.82, 2.24) is 9.38 Å². The molecule has 0 radical (unpaired) electrons. The summed E-state index contributed by atoms with van der Waals surface area (Å²) in [6.45, 7) is 0.547. The lowest BCUT2D eigenvalue weighted by atomic mass is 10.1. The largest absolute Gasteiger partial charge is 0.481 e. The normalized spacial score (nSPS) is 12.5. The summed E-state index contributed by atoms with van der Waals surface area (Å²) in [5.74, 6) is 0.539. The zero-order chi connectivity index (χ0) is 18.1. The quantitative estimate of drug-likeness (QED) is 0.659. The number of carboxylic acid groups (broad SMARTS) is 1. The maximum atomic E-state index is 13.7. The molecular formula is C18H16FN3O4. The topological polar surface area (TPSA) is 85.1 Å². The lowest BCUT2D eigenvalue weighted by Crippen LogP contribution is -2.07. The molecular weight excluding hydrogens is 341 g/mol. The summed E-state index contributed by atoms with van der Waals surface area (Å²) >= 11 is 0.